The van der Waals surface area contributed by atoms with Gasteiger partial charge in [-0.1, -0.05) is 25.4 Å². The van der Waals surface area contributed by atoms with Crippen LogP contribution in [0.2, 0.25) is 5.15 Å². The molecule has 1 aromatic heterocycles. The summed E-state index contributed by atoms with van der Waals surface area (Å²) in [5.41, 5.74) is 0.628. The fourth-order valence-electron chi connectivity index (χ4n) is 1.63. The zero-order valence-corrected chi connectivity index (χ0v) is 12.9. The maximum atomic E-state index is 13.3. The van der Waals surface area contributed by atoms with Crippen molar-refractivity contribution >= 4 is 27.5 Å². The van der Waals surface area contributed by atoms with Gasteiger partial charge in [0.15, 0.2) is 23.3 Å². The summed E-state index contributed by atoms with van der Waals surface area (Å²) in [6.45, 7) is 3.78. The fraction of sp³-hybridized carbons (Fsp3) is 0.231. The lowest BCUT2D eigenvalue weighted by molar-refractivity contribution is 0.447. The van der Waals surface area contributed by atoms with E-state index >= 15 is 0 Å². The summed E-state index contributed by atoms with van der Waals surface area (Å²) >= 11 is 9.23. The number of aromatic nitrogens is 2. The van der Waals surface area contributed by atoms with Gasteiger partial charge in [0.1, 0.15) is 5.15 Å². The molecule has 0 fully saturated rings. The van der Waals surface area contributed by atoms with Gasteiger partial charge in [0.25, 0.3) is 0 Å². The van der Waals surface area contributed by atoms with Gasteiger partial charge in [-0.25, -0.2) is 23.1 Å². The molecule has 2 rings (SSSR count). The highest BCUT2D eigenvalue weighted by atomic mass is 79.9. The second kappa shape index (κ2) is 5.69. The molecule has 2 nitrogen and oxygen atoms in total. The van der Waals surface area contributed by atoms with Gasteiger partial charge < -0.3 is 0 Å². The summed E-state index contributed by atoms with van der Waals surface area (Å²) in [6, 6.07) is 1.67. The third-order valence-corrected chi connectivity index (χ3v) is 3.91. The van der Waals surface area contributed by atoms with Crippen molar-refractivity contribution in [2.24, 2.45) is 0 Å². The Labute approximate surface area is 127 Å². The quantitative estimate of drug-likeness (QED) is 0.546. The van der Waals surface area contributed by atoms with Crippen LogP contribution >= 0.6 is 27.5 Å². The molecule has 0 aliphatic heterocycles. The molecule has 2 aromatic rings. The molecule has 1 aromatic carbocycles. The first-order valence-electron chi connectivity index (χ1n) is 5.69. The topological polar surface area (TPSA) is 25.8 Å². The summed E-state index contributed by atoms with van der Waals surface area (Å²) in [7, 11) is 0. The van der Waals surface area contributed by atoms with Crippen molar-refractivity contribution in [2.45, 2.75) is 19.8 Å². The van der Waals surface area contributed by atoms with Gasteiger partial charge in [-0.2, -0.15) is 0 Å². The third kappa shape index (κ3) is 2.81. The van der Waals surface area contributed by atoms with Crippen LogP contribution in [0.15, 0.2) is 16.6 Å². The highest BCUT2D eigenvalue weighted by Crippen LogP contribution is 2.31. The minimum atomic E-state index is -1.53. The summed E-state index contributed by atoms with van der Waals surface area (Å²) in [5.74, 6) is -4.05. The minimum absolute atomic E-state index is 0.0256. The zero-order valence-electron chi connectivity index (χ0n) is 10.5. The maximum Gasteiger partial charge on any atom is 0.194 e. The molecule has 0 atom stereocenters. The fourth-order valence-corrected chi connectivity index (χ4v) is 2.44. The van der Waals surface area contributed by atoms with E-state index in [2.05, 4.69) is 25.9 Å². The molecule has 0 saturated heterocycles. The molecule has 20 heavy (non-hydrogen) atoms. The van der Waals surface area contributed by atoms with Crippen molar-refractivity contribution in [1.82, 2.24) is 9.97 Å². The zero-order chi connectivity index (χ0) is 15.0. The van der Waals surface area contributed by atoms with E-state index < -0.39 is 17.5 Å². The molecule has 0 N–H and O–H groups in total. The van der Waals surface area contributed by atoms with Crippen LogP contribution in [0.25, 0.3) is 11.4 Å². The van der Waals surface area contributed by atoms with Gasteiger partial charge in [-0.15, -0.1) is 0 Å². The van der Waals surface area contributed by atoms with Crippen molar-refractivity contribution in [3.05, 3.63) is 44.9 Å². The summed E-state index contributed by atoms with van der Waals surface area (Å²) in [5, 5.41) is 0.129. The smallest absolute Gasteiger partial charge is 0.194 e. The van der Waals surface area contributed by atoms with Gasteiger partial charge >= 0.3 is 0 Å². The van der Waals surface area contributed by atoms with Crippen LogP contribution in [0, 0.1) is 17.5 Å². The number of hydrogen-bond donors (Lipinski definition) is 0. The SMILES string of the molecule is CC(C)c1nc(-c2cc(F)c(F)c(F)c2)nc(Cl)c1Br. The molecule has 0 unspecified atom stereocenters. The highest BCUT2D eigenvalue weighted by Gasteiger charge is 2.17. The van der Waals surface area contributed by atoms with Crippen molar-refractivity contribution in [3.63, 3.8) is 0 Å². The molecule has 0 radical (unpaired) electrons. The second-order valence-corrected chi connectivity index (χ2v) is 5.60. The molecule has 0 saturated carbocycles. The Morgan fingerprint density at radius 2 is 1.65 bits per heavy atom. The van der Waals surface area contributed by atoms with Gasteiger partial charge in [0, 0.05) is 5.56 Å². The van der Waals surface area contributed by atoms with Gasteiger partial charge in [0.2, 0.25) is 0 Å². The molecule has 0 aliphatic rings. The molecule has 0 amide bonds. The summed E-state index contributed by atoms with van der Waals surface area (Å²) in [4.78, 5) is 8.17. The lowest BCUT2D eigenvalue weighted by Gasteiger charge is -2.11. The monoisotopic (exact) mass is 364 g/mol. The van der Waals surface area contributed by atoms with Crippen molar-refractivity contribution in [2.75, 3.05) is 0 Å². The Morgan fingerprint density at radius 1 is 1.10 bits per heavy atom. The molecule has 106 valence electrons. The van der Waals surface area contributed by atoms with E-state index in [1.807, 2.05) is 13.8 Å². The summed E-state index contributed by atoms with van der Waals surface area (Å²) < 4.78 is 40.0. The summed E-state index contributed by atoms with van der Waals surface area (Å²) in [6.07, 6.45) is 0. The van der Waals surface area contributed by atoms with Gasteiger partial charge in [-0.3, -0.25) is 0 Å². The molecular weight excluding hydrogens is 357 g/mol. The predicted octanol–water partition coefficient (Wildman–Crippen LogP) is 5.10. The Kier molecular flexibility index (Phi) is 4.34. The van der Waals surface area contributed by atoms with E-state index in [4.69, 9.17) is 11.6 Å². The van der Waals surface area contributed by atoms with Crippen LogP contribution in [-0.4, -0.2) is 9.97 Å². The van der Waals surface area contributed by atoms with E-state index in [0.29, 0.717) is 10.2 Å². The van der Waals surface area contributed by atoms with E-state index in [1.54, 1.807) is 0 Å². The molecule has 7 heteroatoms. The van der Waals surface area contributed by atoms with Gasteiger partial charge in [-0.05, 0) is 34.0 Å². The lowest BCUT2D eigenvalue weighted by atomic mass is 10.1. The number of halogens is 5. The third-order valence-electron chi connectivity index (χ3n) is 2.63. The van der Waals surface area contributed by atoms with Crippen molar-refractivity contribution in [1.29, 1.82) is 0 Å². The number of rotatable bonds is 2. The molecule has 0 aliphatic carbocycles. The van der Waals surface area contributed by atoms with Crippen molar-refractivity contribution in [3.8, 4) is 11.4 Å². The van der Waals surface area contributed by atoms with Gasteiger partial charge in [0.05, 0.1) is 10.2 Å². The second-order valence-electron chi connectivity index (χ2n) is 4.45. The van der Waals surface area contributed by atoms with Crippen LogP contribution in [0.4, 0.5) is 13.2 Å². The standard InChI is InChI=1S/C13H9BrClF3N2/c1-5(2)11-9(14)12(15)20-13(19-11)6-3-7(16)10(18)8(17)4-6/h3-5H,1-2H3. The maximum absolute atomic E-state index is 13.3. The van der Waals surface area contributed by atoms with Crippen molar-refractivity contribution < 1.29 is 13.2 Å². The Morgan fingerprint density at radius 3 is 2.15 bits per heavy atom. The molecular formula is C13H9BrClF3N2. The van der Waals surface area contributed by atoms with E-state index in [1.165, 1.54) is 0 Å². The van der Waals surface area contributed by atoms with Crippen LogP contribution in [-0.2, 0) is 0 Å². The van der Waals surface area contributed by atoms with Crippen LogP contribution in [0.5, 0.6) is 0 Å². The van der Waals surface area contributed by atoms with Crippen LogP contribution < -0.4 is 0 Å². The molecule has 0 bridgehead atoms. The van der Waals surface area contributed by atoms with E-state index in [0.717, 1.165) is 12.1 Å². The number of nitrogens with zero attached hydrogens (tertiary/aromatic N) is 2. The van der Waals surface area contributed by atoms with Crippen LogP contribution in [0.1, 0.15) is 25.5 Å². The first kappa shape index (κ1) is 15.3. The predicted molar refractivity (Wildman–Crippen MR) is 74.1 cm³/mol. The van der Waals surface area contributed by atoms with E-state index in [9.17, 15) is 13.2 Å². The molecule has 0 spiro atoms. The van der Waals surface area contributed by atoms with Crippen LogP contribution in [0.3, 0.4) is 0 Å². The first-order valence-corrected chi connectivity index (χ1v) is 6.86. The average molecular weight is 366 g/mol. The normalized spacial score (nSPS) is 11.2. The number of benzene rings is 1. The molecule has 1 heterocycles. The number of hydrogen-bond acceptors (Lipinski definition) is 2. The Balaban J connectivity index is 2.64. The largest absolute Gasteiger partial charge is 0.232 e. The minimum Gasteiger partial charge on any atom is -0.232 e. The highest BCUT2D eigenvalue weighted by molar-refractivity contribution is 9.10. The lowest BCUT2D eigenvalue weighted by Crippen LogP contribution is -2.01. The first-order chi connectivity index (χ1) is 9.31. The Hall–Kier alpha value is -1.14. The average Bonchev–Trinajstić information content (AvgIpc) is 2.38. The Bertz CT molecular complexity index is 654. The van der Waals surface area contributed by atoms with E-state index in [-0.39, 0.29) is 22.5 Å².